The van der Waals surface area contributed by atoms with Crippen LogP contribution in [0.25, 0.3) is 0 Å². The molecule has 0 spiro atoms. The van der Waals surface area contributed by atoms with Crippen molar-refractivity contribution in [3.63, 3.8) is 0 Å². The lowest BCUT2D eigenvalue weighted by atomic mass is 10.2. The summed E-state index contributed by atoms with van der Waals surface area (Å²) in [6.07, 6.45) is 0. The molecular formula is C16H21N3S. The van der Waals surface area contributed by atoms with E-state index in [0.717, 1.165) is 24.9 Å². The summed E-state index contributed by atoms with van der Waals surface area (Å²) in [6, 6.07) is 11.5. The first-order valence-corrected chi connectivity index (χ1v) is 8.41. The third-order valence-electron chi connectivity index (χ3n) is 4.61. The van der Waals surface area contributed by atoms with Crippen molar-refractivity contribution in [2.24, 2.45) is 16.8 Å². The summed E-state index contributed by atoms with van der Waals surface area (Å²) in [4.78, 5) is 7.16. The van der Waals surface area contributed by atoms with Crippen molar-refractivity contribution < 1.29 is 0 Å². The Balaban J connectivity index is 1.27. The van der Waals surface area contributed by atoms with E-state index in [4.69, 9.17) is 0 Å². The molecule has 3 unspecified atom stereocenters. The minimum absolute atomic E-state index is 0.658. The molecule has 106 valence electrons. The first-order chi connectivity index (χ1) is 9.79. The molecule has 2 aliphatic heterocycles. The van der Waals surface area contributed by atoms with Crippen LogP contribution in [-0.4, -0.2) is 41.0 Å². The van der Waals surface area contributed by atoms with E-state index >= 15 is 0 Å². The van der Waals surface area contributed by atoms with Gasteiger partial charge in [-0.3, -0.25) is 9.89 Å². The summed E-state index contributed by atoms with van der Waals surface area (Å²) >= 11 is 1.90. The van der Waals surface area contributed by atoms with Crippen molar-refractivity contribution in [3.8, 4) is 0 Å². The fraction of sp³-hybridized carbons (Fsp3) is 0.562. The number of amidine groups is 1. The number of thioether (sulfide) groups is 1. The molecule has 2 heterocycles. The van der Waals surface area contributed by atoms with E-state index < -0.39 is 0 Å². The highest BCUT2D eigenvalue weighted by Gasteiger charge is 2.56. The largest absolute Gasteiger partial charge is 0.362 e. The van der Waals surface area contributed by atoms with Crippen LogP contribution in [0.4, 0.5) is 0 Å². The molecule has 4 rings (SSSR count). The van der Waals surface area contributed by atoms with Gasteiger partial charge in [-0.2, -0.15) is 0 Å². The van der Waals surface area contributed by atoms with Crippen molar-refractivity contribution in [2.75, 3.05) is 19.6 Å². The van der Waals surface area contributed by atoms with E-state index in [9.17, 15) is 0 Å². The van der Waals surface area contributed by atoms with E-state index in [1.165, 1.54) is 23.8 Å². The molecule has 0 aromatic heterocycles. The molecule has 1 aliphatic carbocycles. The molecule has 1 aromatic rings. The van der Waals surface area contributed by atoms with Gasteiger partial charge in [0.05, 0.1) is 6.54 Å². The Morgan fingerprint density at radius 2 is 2.00 bits per heavy atom. The van der Waals surface area contributed by atoms with Crippen LogP contribution in [-0.2, 0) is 6.54 Å². The zero-order valence-electron chi connectivity index (χ0n) is 11.8. The van der Waals surface area contributed by atoms with Gasteiger partial charge in [-0.1, -0.05) is 49.0 Å². The molecule has 20 heavy (non-hydrogen) atoms. The SMILES string of the molecule is CC1CN=C(NC2C3CN(Cc4ccccc4)CC32)S1. The normalized spacial score (nSPS) is 35.8. The summed E-state index contributed by atoms with van der Waals surface area (Å²) in [5.41, 5.74) is 1.43. The van der Waals surface area contributed by atoms with Gasteiger partial charge in [0.15, 0.2) is 5.17 Å². The Bertz CT molecular complexity index is 504. The third kappa shape index (κ3) is 2.47. The Morgan fingerprint density at radius 3 is 2.65 bits per heavy atom. The smallest absolute Gasteiger partial charge is 0.157 e. The van der Waals surface area contributed by atoms with Crippen LogP contribution in [0.1, 0.15) is 12.5 Å². The second kappa shape index (κ2) is 5.08. The molecule has 1 aromatic carbocycles. The van der Waals surface area contributed by atoms with Crippen LogP contribution in [0.2, 0.25) is 0 Å². The van der Waals surface area contributed by atoms with Crippen LogP contribution >= 0.6 is 11.8 Å². The third-order valence-corrected chi connectivity index (χ3v) is 5.64. The lowest BCUT2D eigenvalue weighted by Crippen LogP contribution is -2.32. The van der Waals surface area contributed by atoms with Gasteiger partial charge in [-0.05, 0) is 17.4 Å². The van der Waals surface area contributed by atoms with Crippen molar-refractivity contribution in [3.05, 3.63) is 35.9 Å². The number of fused-ring (bicyclic) bond motifs is 1. The number of likely N-dealkylation sites (tertiary alicyclic amines) is 1. The first kappa shape index (κ1) is 12.7. The molecule has 0 bridgehead atoms. The Hall–Kier alpha value is -1.00. The second-order valence-electron chi connectivity index (χ2n) is 6.25. The molecule has 2 fully saturated rings. The van der Waals surface area contributed by atoms with Gasteiger partial charge in [0.25, 0.3) is 0 Å². The number of nitrogens with zero attached hydrogens (tertiary/aromatic N) is 2. The maximum absolute atomic E-state index is 4.57. The fourth-order valence-corrected chi connectivity index (χ4v) is 4.38. The van der Waals surface area contributed by atoms with Crippen LogP contribution in [0.15, 0.2) is 35.3 Å². The highest BCUT2D eigenvalue weighted by atomic mass is 32.2. The van der Waals surface area contributed by atoms with Crippen LogP contribution < -0.4 is 5.32 Å². The number of hydrogen-bond donors (Lipinski definition) is 1. The lowest BCUT2D eigenvalue weighted by molar-refractivity contribution is 0.287. The second-order valence-corrected chi connectivity index (χ2v) is 7.68. The molecule has 3 aliphatic rings. The van der Waals surface area contributed by atoms with Gasteiger partial charge in [-0.25, -0.2) is 0 Å². The van der Waals surface area contributed by atoms with E-state index in [1.54, 1.807) is 0 Å². The molecule has 3 nitrogen and oxygen atoms in total. The standard InChI is InChI=1S/C16H21N3S/c1-11-7-17-16(20-11)18-15-13-9-19(10-14(13)15)8-12-5-3-2-4-6-12/h2-6,11,13-15H,7-10H2,1H3,(H,17,18). The van der Waals surface area contributed by atoms with E-state index in [-0.39, 0.29) is 0 Å². The van der Waals surface area contributed by atoms with Gasteiger partial charge in [0.2, 0.25) is 0 Å². The van der Waals surface area contributed by atoms with Crippen LogP contribution in [0.5, 0.6) is 0 Å². The molecule has 1 N–H and O–H groups in total. The molecule has 0 radical (unpaired) electrons. The van der Waals surface area contributed by atoms with Crippen molar-refractivity contribution in [1.29, 1.82) is 0 Å². The molecular weight excluding hydrogens is 266 g/mol. The molecule has 1 saturated heterocycles. The summed E-state index contributed by atoms with van der Waals surface area (Å²) in [6.45, 7) is 6.82. The van der Waals surface area contributed by atoms with E-state index in [2.05, 4.69) is 52.5 Å². The molecule has 4 heteroatoms. The Labute approximate surface area is 124 Å². The first-order valence-electron chi connectivity index (χ1n) is 7.53. The van der Waals surface area contributed by atoms with Gasteiger partial charge in [-0.15, -0.1) is 0 Å². The van der Waals surface area contributed by atoms with E-state index in [0.29, 0.717) is 11.3 Å². The van der Waals surface area contributed by atoms with E-state index in [1.807, 2.05) is 11.8 Å². The zero-order chi connectivity index (χ0) is 13.5. The lowest BCUT2D eigenvalue weighted by Gasteiger charge is -2.20. The summed E-state index contributed by atoms with van der Waals surface area (Å²) in [5, 5.41) is 5.50. The van der Waals surface area contributed by atoms with Gasteiger partial charge >= 0.3 is 0 Å². The number of benzene rings is 1. The Morgan fingerprint density at radius 1 is 1.25 bits per heavy atom. The van der Waals surface area contributed by atoms with Crippen molar-refractivity contribution in [2.45, 2.75) is 24.8 Å². The predicted molar refractivity (Wildman–Crippen MR) is 85.0 cm³/mol. The monoisotopic (exact) mass is 287 g/mol. The minimum Gasteiger partial charge on any atom is -0.362 e. The van der Waals surface area contributed by atoms with Crippen LogP contribution in [0, 0.1) is 11.8 Å². The highest BCUT2D eigenvalue weighted by Crippen LogP contribution is 2.46. The van der Waals surface area contributed by atoms with Gasteiger partial charge in [0.1, 0.15) is 0 Å². The molecule has 3 atom stereocenters. The summed E-state index contributed by atoms with van der Waals surface area (Å²) in [7, 11) is 0. The van der Waals surface area contributed by atoms with Gasteiger partial charge in [0, 0.05) is 30.9 Å². The number of aliphatic imine (C=N–C) groups is 1. The number of nitrogens with one attached hydrogen (secondary N) is 1. The average Bonchev–Trinajstić information content (AvgIpc) is 2.82. The van der Waals surface area contributed by atoms with Crippen molar-refractivity contribution in [1.82, 2.24) is 10.2 Å². The maximum Gasteiger partial charge on any atom is 0.157 e. The predicted octanol–water partition coefficient (Wildman–Crippen LogP) is 2.20. The summed E-state index contributed by atoms with van der Waals surface area (Å²) in [5.74, 6) is 1.69. The number of rotatable bonds is 3. The van der Waals surface area contributed by atoms with Crippen molar-refractivity contribution >= 4 is 16.9 Å². The molecule has 1 saturated carbocycles. The van der Waals surface area contributed by atoms with Gasteiger partial charge < -0.3 is 5.32 Å². The summed E-state index contributed by atoms with van der Waals surface area (Å²) < 4.78 is 0. The zero-order valence-corrected chi connectivity index (χ0v) is 12.6. The van der Waals surface area contributed by atoms with Crippen LogP contribution in [0.3, 0.4) is 0 Å². The molecule has 0 amide bonds. The quantitative estimate of drug-likeness (QED) is 0.923. The topological polar surface area (TPSA) is 27.6 Å². The Kier molecular flexibility index (Phi) is 3.23. The fourth-order valence-electron chi connectivity index (χ4n) is 3.50. The number of piperidine rings is 1. The highest BCUT2D eigenvalue weighted by molar-refractivity contribution is 8.14. The number of hydrogen-bond acceptors (Lipinski definition) is 4. The maximum atomic E-state index is 4.57. The minimum atomic E-state index is 0.658. The average molecular weight is 287 g/mol.